The van der Waals surface area contributed by atoms with Gasteiger partial charge in [0.2, 0.25) is 0 Å². The van der Waals surface area contributed by atoms with E-state index in [1.54, 1.807) is 0 Å². The molecule has 0 saturated carbocycles. The Labute approximate surface area is 131 Å². The number of hydrogen-bond donors (Lipinski definition) is 3. The van der Waals surface area contributed by atoms with Gasteiger partial charge in [-0.1, -0.05) is 15.9 Å². The molecule has 0 spiro atoms. The van der Waals surface area contributed by atoms with Crippen LogP contribution in [0.2, 0.25) is 0 Å². The van der Waals surface area contributed by atoms with Crippen LogP contribution in [0.15, 0.2) is 22.7 Å². The predicted molar refractivity (Wildman–Crippen MR) is 80.4 cm³/mol. The van der Waals surface area contributed by atoms with Gasteiger partial charge in [-0.25, -0.2) is 4.79 Å². The first-order chi connectivity index (χ1) is 10.1. The molecule has 1 unspecified atom stereocenters. The molecule has 1 aromatic carbocycles. The lowest BCUT2D eigenvalue weighted by Crippen LogP contribution is -2.40. The molecule has 21 heavy (non-hydrogen) atoms. The van der Waals surface area contributed by atoms with Crippen LogP contribution in [-0.4, -0.2) is 30.3 Å². The molecule has 0 aromatic heterocycles. The summed E-state index contributed by atoms with van der Waals surface area (Å²) in [5.74, 6) is -0.0824. The molecular formula is C14H17BrN2O4. The summed E-state index contributed by atoms with van der Waals surface area (Å²) in [6.45, 7) is 0.894. The Morgan fingerprint density at radius 2 is 2.24 bits per heavy atom. The lowest BCUT2D eigenvalue weighted by Gasteiger charge is -2.27. The summed E-state index contributed by atoms with van der Waals surface area (Å²) < 4.78 is 6.49. The van der Waals surface area contributed by atoms with E-state index in [9.17, 15) is 9.59 Å². The van der Waals surface area contributed by atoms with Gasteiger partial charge in [0.05, 0.1) is 12.6 Å². The topological polar surface area (TPSA) is 87.7 Å². The normalized spacial score (nSPS) is 16.5. The van der Waals surface area contributed by atoms with Gasteiger partial charge in [0.25, 0.3) is 0 Å². The van der Waals surface area contributed by atoms with Crippen LogP contribution in [-0.2, 0) is 4.79 Å². The highest BCUT2D eigenvalue weighted by atomic mass is 79.9. The third kappa shape index (κ3) is 4.63. The average Bonchev–Trinajstić information content (AvgIpc) is 2.44. The molecule has 1 aliphatic heterocycles. The van der Waals surface area contributed by atoms with Crippen molar-refractivity contribution in [2.45, 2.75) is 25.3 Å². The van der Waals surface area contributed by atoms with Gasteiger partial charge in [0, 0.05) is 29.4 Å². The zero-order valence-electron chi connectivity index (χ0n) is 11.4. The molecular weight excluding hydrogens is 340 g/mol. The van der Waals surface area contributed by atoms with Crippen molar-refractivity contribution in [3.63, 3.8) is 0 Å². The van der Waals surface area contributed by atoms with Crippen LogP contribution in [0.4, 0.5) is 4.79 Å². The standard InChI is InChI=1S/C14H17BrN2O4/c15-9-3-4-12-10(8-9)11(5-7-21-12)17-14(20)16-6-1-2-13(18)19/h3-4,8,11H,1-2,5-7H2,(H,18,19)(H2,16,17,20). The van der Waals surface area contributed by atoms with Crippen LogP contribution < -0.4 is 15.4 Å². The van der Waals surface area contributed by atoms with Crippen LogP contribution in [0.5, 0.6) is 5.75 Å². The number of nitrogens with one attached hydrogen (secondary N) is 2. The van der Waals surface area contributed by atoms with Gasteiger partial charge in [-0.05, 0) is 24.6 Å². The summed E-state index contributed by atoms with van der Waals surface area (Å²) in [5, 5.41) is 14.1. The van der Waals surface area contributed by atoms with E-state index in [1.807, 2.05) is 18.2 Å². The number of amides is 2. The van der Waals surface area contributed by atoms with Crippen molar-refractivity contribution in [1.82, 2.24) is 10.6 Å². The van der Waals surface area contributed by atoms with Crippen molar-refractivity contribution < 1.29 is 19.4 Å². The monoisotopic (exact) mass is 356 g/mol. The number of carbonyl (C=O) groups is 2. The van der Waals surface area contributed by atoms with Gasteiger partial charge < -0.3 is 20.5 Å². The maximum atomic E-state index is 11.8. The molecule has 1 heterocycles. The highest BCUT2D eigenvalue weighted by Crippen LogP contribution is 2.33. The average molecular weight is 357 g/mol. The first-order valence-corrected chi connectivity index (χ1v) is 7.54. The Morgan fingerprint density at radius 3 is 3.00 bits per heavy atom. The number of halogens is 1. The Kier molecular flexibility index (Phi) is 5.44. The fourth-order valence-electron chi connectivity index (χ4n) is 2.17. The number of urea groups is 1. The number of carboxylic acids is 1. The van der Waals surface area contributed by atoms with Crippen molar-refractivity contribution >= 4 is 27.9 Å². The van der Waals surface area contributed by atoms with Crippen LogP contribution in [0.25, 0.3) is 0 Å². The molecule has 0 saturated heterocycles. The molecule has 2 rings (SSSR count). The molecule has 114 valence electrons. The number of benzene rings is 1. The van der Waals surface area contributed by atoms with E-state index in [2.05, 4.69) is 26.6 Å². The molecule has 1 aliphatic rings. The second kappa shape index (κ2) is 7.31. The molecule has 0 fully saturated rings. The minimum atomic E-state index is -0.861. The quantitative estimate of drug-likeness (QED) is 0.707. The molecule has 2 amide bonds. The second-order valence-corrected chi connectivity index (χ2v) is 5.69. The summed E-state index contributed by atoms with van der Waals surface area (Å²) in [5.41, 5.74) is 0.941. The maximum Gasteiger partial charge on any atom is 0.315 e. The second-order valence-electron chi connectivity index (χ2n) is 4.77. The molecule has 1 aromatic rings. The van der Waals surface area contributed by atoms with Gasteiger partial charge in [-0.3, -0.25) is 4.79 Å². The van der Waals surface area contributed by atoms with E-state index < -0.39 is 5.97 Å². The summed E-state index contributed by atoms with van der Waals surface area (Å²) in [4.78, 5) is 22.2. The summed E-state index contributed by atoms with van der Waals surface area (Å²) >= 11 is 3.41. The smallest absolute Gasteiger partial charge is 0.315 e. The third-order valence-corrected chi connectivity index (χ3v) is 3.66. The number of carbonyl (C=O) groups excluding carboxylic acids is 1. The number of rotatable bonds is 5. The summed E-state index contributed by atoms with van der Waals surface area (Å²) in [6.07, 6.45) is 1.16. The van der Waals surface area contributed by atoms with Gasteiger partial charge in [-0.2, -0.15) is 0 Å². The molecule has 0 aliphatic carbocycles. The fourth-order valence-corrected chi connectivity index (χ4v) is 2.54. The van der Waals surface area contributed by atoms with Crippen molar-refractivity contribution in [3.05, 3.63) is 28.2 Å². The summed E-state index contributed by atoms with van der Waals surface area (Å²) in [7, 11) is 0. The van der Waals surface area contributed by atoms with Crippen molar-refractivity contribution in [1.29, 1.82) is 0 Å². The minimum Gasteiger partial charge on any atom is -0.493 e. The molecule has 1 atom stereocenters. The highest BCUT2D eigenvalue weighted by Gasteiger charge is 2.23. The number of ether oxygens (including phenoxy) is 1. The molecule has 0 radical (unpaired) electrons. The SMILES string of the molecule is O=C(O)CCCNC(=O)NC1CCOc2ccc(Br)cc21. The van der Waals surface area contributed by atoms with Crippen molar-refractivity contribution in [2.75, 3.05) is 13.2 Å². The third-order valence-electron chi connectivity index (χ3n) is 3.17. The number of fused-ring (bicyclic) bond motifs is 1. The van der Waals surface area contributed by atoms with Crippen LogP contribution in [0.1, 0.15) is 30.9 Å². The van der Waals surface area contributed by atoms with E-state index in [0.717, 1.165) is 15.8 Å². The fraction of sp³-hybridized carbons (Fsp3) is 0.429. The van der Waals surface area contributed by atoms with Gasteiger partial charge in [0.1, 0.15) is 5.75 Å². The lowest BCUT2D eigenvalue weighted by atomic mass is 10.0. The first kappa shape index (κ1) is 15.6. The van der Waals surface area contributed by atoms with E-state index in [1.165, 1.54) is 0 Å². The van der Waals surface area contributed by atoms with Crippen molar-refractivity contribution in [2.24, 2.45) is 0 Å². The van der Waals surface area contributed by atoms with E-state index in [4.69, 9.17) is 9.84 Å². The highest BCUT2D eigenvalue weighted by molar-refractivity contribution is 9.10. The number of aliphatic carboxylic acids is 1. The van der Waals surface area contributed by atoms with E-state index in [-0.39, 0.29) is 18.5 Å². The lowest BCUT2D eigenvalue weighted by molar-refractivity contribution is -0.137. The van der Waals surface area contributed by atoms with Gasteiger partial charge in [-0.15, -0.1) is 0 Å². The number of hydrogen-bond acceptors (Lipinski definition) is 3. The Bertz CT molecular complexity index is 536. The van der Waals surface area contributed by atoms with Gasteiger partial charge >= 0.3 is 12.0 Å². The Morgan fingerprint density at radius 1 is 1.43 bits per heavy atom. The van der Waals surface area contributed by atoms with Crippen molar-refractivity contribution in [3.8, 4) is 5.75 Å². The first-order valence-electron chi connectivity index (χ1n) is 6.74. The summed E-state index contributed by atoms with van der Waals surface area (Å²) in [6, 6.07) is 5.30. The minimum absolute atomic E-state index is 0.0489. The van der Waals surface area contributed by atoms with Gasteiger partial charge in [0.15, 0.2) is 0 Å². The van der Waals surface area contributed by atoms with Crippen LogP contribution in [0, 0.1) is 0 Å². The molecule has 7 heteroatoms. The largest absolute Gasteiger partial charge is 0.493 e. The molecule has 3 N–H and O–H groups in total. The Balaban J connectivity index is 1.88. The number of carboxylic acid groups (broad SMARTS) is 1. The predicted octanol–water partition coefficient (Wildman–Crippen LogP) is 2.44. The molecule has 0 bridgehead atoms. The Hall–Kier alpha value is -1.76. The maximum absolute atomic E-state index is 11.8. The van der Waals surface area contributed by atoms with Crippen LogP contribution in [0.3, 0.4) is 0 Å². The van der Waals surface area contributed by atoms with Crippen LogP contribution >= 0.6 is 15.9 Å². The zero-order chi connectivity index (χ0) is 15.2. The zero-order valence-corrected chi connectivity index (χ0v) is 13.0. The van der Waals surface area contributed by atoms with E-state index >= 15 is 0 Å². The molecule has 6 nitrogen and oxygen atoms in total. The van der Waals surface area contributed by atoms with E-state index in [0.29, 0.717) is 26.0 Å².